The van der Waals surface area contributed by atoms with E-state index in [2.05, 4.69) is 0 Å². The van der Waals surface area contributed by atoms with Crippen molar-refractivity contribution in [2.75, 3.05) is 11.5 Å². The molecule has 0 aromatic heterocycles. The van der Waals surface area contributed by atoms with Crippen molar-refractivity contribution >= 4 is 35.0 Å². The molecule has 28 heavy (non-hydrogen) atoms. The smallest absolute Gasteiger partial charge is 0.306 e. The molecule has 1 aliphatic rings. The number of para-hydroxylation sites is 2. The Labute approximate surface area is 168 Å². The number of ether oxygens (including phenoxy) is 1. The number of amides is 1. The monoisotopic (exact) mass is 389 g/mol. The van der Waals surface area contributed by atoms with E-state index >= 15 is 0 Å². The van der Waals surface area contributed by atoms with Gasteiger partial charge in [0.05, 0.1) is 11.4 Å². The minimum atomic E-state index is -0.370. The molecule has 0 bridgehead atoms. The van der Waals surface area contributed by atoms with Crippen LogP contribution in [-0.4, -0.2) is 18.5 Å². The summed E-state index contributed by atoms with van der Waals surface area (Å²) in [6.07, 6.45) is 0.847. The van der Waals surface area contributed by atoms with Gasteiger partial charge in [-0.05, 0) is 36.2 Å². The van der Waals surface area contributed by atoms with Crippen LogP contribution in [0.1, 0.15) is 12.0 Å². The molecule has 0 spiro atoms. The molecule has 5 heteroatoms. The number of aryl methyl sites for hydroxylation is 1. The fourth-order valence-electron chi connectivity index (χ4n) is 3.14. The highest BCUT2D eigenvalue weighted by Crippen LogP contribution is 2.47. The van der Waals surface area contributed by atoms with E-state index in [1.54, 1.807) is 16.7 Å². The summed E-state index contributed by atoms with van der Waals surface area (Å²) in [5.41, 5.74) is 2.70. The lowest BCUT2D eigenvalue weighted by Crippen LogP contribution is -2.32. The topological polar surface area (TPSA) is 46.6 Å². The minimum absolute atomic E-state index is 0.250. The molecule has 3 aromatic carbocycles. The summed E-state index contributed by atoms with van der Waals surface area (Å²) < 4.78 is 5.27. The van der Waals surface area contributed by atoms with E-state index in [4.69, 9.17) is 4.74 Å². The molecular formula is C23H19NO3S. The Morgan fingerprint density at radius 2 is 1.36 bits per heavy atom. The highest BCUT2D eigenvalue weighted by Gasteiger charge is 2.28. The summed E-state index contributed by atoms with van der Waals surface area (Å²) in [4.78, 5) is 28.7. The third-order valence-electron chi connectivity index (χ3n) is 4.50. The molecule has 1 amide bonds. The maximum atomic E-state index is 12.9. The van der Waals surface area contributed by atoms with Crippen molar-refractivity contribution in [2.45, 2.75) is 22.6 Å². The molecule has 0 unspecified atom stereocenters. The summed E-state index contributed by atoms with van der Waals surface area (Å²) in [6.45, 7) is -0.277. The van der Waals surface area contributed by atoms with Crippen LogP contribution in [0.5, 0.6) is 0 Å². The number of carbonyl (C=O) groups is 2. The molecule has 0 aliphatic carbocycles. The summed E-state index contributed by atoms with van der Waals surface area (Å²) in [5.74, 6) is -0.626. The van der Waals surface area contributed by atoms with Crippen LogP contribution in [-0.2, 0) is 20.7 Å². The highest BCUT2D eigenvalue weighted by atomic mass is 32.2. The fraction of sp³-hybridized carbons (Fsp3) is 0.130. The molecule has 1 heterocycles. The van der Waals surface area contributed by atoms with E-state index < -0.39 is 0 Å². The van der Waals surface area contributed by atoms with Gasteiger partial charge >= 0.3 is 5.97 Å². The number of fused-ring (bicyclic) bond motifs is 2. The van der Waals surface area contributed by atoms with E-state index in [0.29, 0.717) is 6.42 Å². The molecule has 0 radical (unpaired) electrons. The fourth-order valence-corrected chi connectivity index (χ4v) is 4.20. The Morgan fingerprint density at radius 1 is 0.786 bits per heavy atom. The minimum Gasteiger partial charge on any atom is -0.456 e. The second-order valence-corrected chi connectivity index (χ2v) is 7.50. The number of nitrogens with zero attached hydrogens (tertiary/aromatic N) is 1. The number of anilines is 2. The van der Waals surface area contributed by atoms with Gasteiger partial charge in [0, 0.05) is 16.2 Å². The highest BCUT2D eigenvalue weighted by molar-refractivity contribution is 7.99. The van der Waals surface area contributed by atoms with E-state index in [0.717, 1.165) is 26.7 Å². The van der Waals surface area contributed by atoms with Gasteiger partial charge in [-0.25, -0.2) is 0 Å². The average Bonchev–Trinajstić information content (AvgIpc) is 2.75. The molecule has 1 aliphatic heterocycles. The van der Waals surface area contributed by atoms with Crippen molar-refractivity contribution in [2.24, 2.45) is 0 Å². The van der Waals surface area contributed by atoms with Crippen LogP contribution >= 0.6 is 11.8 Å². The number of hydrogen-bond donors (Lipinski definition) is 0. The molecule has 3 aromatic rings. The first-order valence-electron chi connectivity index (χ1n) is 9.11. The number of benzene rings is 3. The summed E-state index contributed by atoms with van der Waals surface area (Å²) >= 11 is 1.63. The molecule has 0 N–H and O–H groups in total. The summed E-state index contributed by atoms with van der Waals surface area (Å²) in [5, 5.41) is 0. The van der Waals surface area contributed by atoms with Gasteiger partial charge in [-0.1, -0.05) is 66.4 Å². The molecule has 0 saturated heterocycles. The molecule has 0 fully saturated rings. The third-order valence-corrected chi connectivity index (χ3v) is 5.63. The van der Waals surface area contributed by atoms with E-state index in [1.165, 1.54) is 0 Å². The maximum Gasteiger partial charge on any atom is 0.306 e. The first-order valence-corrected chi connectivity index (χ1v) is 9.92. The molecule has 0 atom stereocenters. The van der Waals surface area contributed by atoms with Gasteiger partial charge < -0.3 is 4.74 Å². The lowest BCUT2D eigenvalue weighted by molar-refractivity contribution is -0.147. The number of rotatable bonds is 5. The van der Waals surface area contributed by atoms with Gasteiger partial charge in [0.2, 0.25) is 0 Å². The summed E-state index contributed by atoms with van der Waals surface area (Å²) in [7, 11) is 0. The van der Waals surface area contributed by atoms with Crippen molar-refractivity contribution in [3.63, 3.8) is 0 Å². The summed E-state index contributed by atoms with van der Waals surface area (Å²) in [6, 6.07) is 25.3. The second kappa shape index (κ2) is 8.31. The standard InChI is InChI=1S/C23H19NO3S/c25-22(16-27-23(26)15-14-17-8-2-1-3-9-17)24-18-10-4-6-12-20(18)28-21-13-7-5-11-19(21)24/h1-13H,14-16H2. The Morgan fingerprint density at radius 3 is 2.00 bits per heavy atom. The maximum absolute atomic E-state index is 12.9. The zero-order valence-electron chi connectivity index (χ0n) is 15.2. The molecule has 0 saturated carbocycles. The van der Waals surface area contributed by atoms with Crippen LogP contribution in [0.4, 0.5) is 11.4 Å². The van der Waals surface area contributed by atoms with E-state index in [-0.39, 0.29) is 24.9 Å². The van der Waals surface area contributed by atoms with Gasteiger partial charge in [0.15, 0.2) is 6.61 Å². The Kier molecular flexibility index (Phi) is 5.44. The van der Waals surface area contributed by atoms with Crippen LogP contribution in [0, 0.1) is 0 Å². The third kappa shape index (κ3) is 3.94. The first-order chi connectivity index (χ1) is 13.7. The van der Waals surface area contributed by atoms with Crippen molar-refractivity contribution in [1.82, 2.24) is 0 Å². The van der Waals surface area contributed by atoms with Crippen LogP contribution < -0.4 is 4.90 Å². The number of hydrogen-bond acceptors (Lipinski definition) is 4. The number of esters is 1. The lowest BCUT2D eigenvalue weighted by atomic mass is 10.1. The van der Waals surface area contributed by atoms with Crippen molar-refractivity contribution in [3.05, 3.63) is 84.4 Å². The zero-order valence-corrected chi connectivity index (χ0v) is 16.0. The first kappa shape index (κ1) is 18.3. The van der Waals surface area contributed by atoms with Crippen LogP contribution in [0.25, 0.3) is 0 Å². The van der Waals surface area contributed by atoms with Crippen molar-refractivity contribution in [3.8, 4) is 0 Å². The van der Waals surface area contributed by atoms with Crippen LogP contribution in [0.15, 0.2) is 88.7 Å². The van der Waals surface area contributed by atoms with Crippen molar-refractivity contribution < 1.29 is 14.3 Å². The second-order valence-electron chi connectivity index (χ2n) is 6.41. The van der Waals surface area contributed by atoms with Crippen molar-refractivity contribution in [1.29, 1.82) is 0 Å². The molecule has 4 nitrogen and oxygen atoms in total. The van der Waals surface area contributed by atoms with Gasteiger partial charge in [0.25, 0.3) is 5.91 Å². The van der Waals surface area contributed by atoms with E-state index in [1.807, 2.05) is 78.9 Å². The normalized spacial score (nSPS) is 12.1. The molecule has 140 valence electrons. The predicted octanol–water partition coefficient (Wildman–Crippen LogP) is 4.99. The Balaban J connectivity index is 1.44. The van der Waals surface area contributed by atoms with Gasteiger partial charge in [0.1, 0.15) is 0 Å². The Bertz CT molecular complexity index is 958. The molecule has 4 rings (SSSR count). The quantitative estimate of drug-likeness (QED) is 0.577. The molecular weight excluding hydrogens is 370 g/mol. The van der Waals surface area contributed by atoms with Gasteiger partial charge in [-0.15, -0.1) is 0 Å². The zero-order chi connectivity index (χ0) is 19.3. The lowest BCUT2D eigenvalue weighted by Gasteiger charge is -2.30. The number of carbonyl (C=O) groups excluding carboxylic acids is 2. The van der Waals surface area contributed by atoms with Crippen LogP contribution in [0.2, 0.25) is 0 Å². The largest absolute Gasteiger partial charge is 0.456 e. The SMILES string of the molecule is O=C(CCc1ccccc1)OCC(=O)N1c2ccccc2Sc2ccccc21. The predicted molar refractivity (Wildman–Crippen MR) is 110 cm³/mol. The Hall–Kier alpha value is -3.05. The van der Waals surface area contributed by atoms with Gasteiger partial charge in [-0.3, -0.25) is 14.5 Å². The van der Waals surface area contributed by atoms with Gasteiger partial charge in [-0.2, -0.15) is 0 Å². The average molecular weight is 389 g/mol. The van der Waals surface area contributed by atoms with E-state index in [9.17, 15) is 9.59 Å². The van der Waals surface area contributed by atoms with Crippen LogP contribution in [0.3, 0.4) is 0 Å².